The van der Waals surface area contributed by atoms with Gasteiger partial charge in [0.25, 0.3) is 0 Å². The van der Waals surface area contributed by atoms with Crippen molar-refractivity contribution in [3.8, 4) is 5.75 Å². The molecule has 3 rings (SSSR count). The average molecular weight is 417 g/mol. The van der Waals surface area contributed by atoms with E-state index in [2.05, 4.69) is 9.82 Å². The van der Waals surface area contributed by atoms with Crippen LogP contribution in [0.5, 0.6) is 5.75 Å². The Kier molecular flexibility index (Phi) is 5.72. The third kappa shape index (κ3) is 4.17. The predicted molar refractivity (Wildman–Crippen MR) is 96.8 cm³/mol. The summed E-state index contributed by atoms with van der Waals surface area (Å²) in [6.45, 7) is 1.71. The Labute approximate surface area is 161 Å². The highest BCUT2D eigenvalue weighted by atomic mass is 32.2. The number of rotatable bonds is 6. The maximum Gasteiger partial charge on any atom is 0.435 e. The first-order valence-corrected chi connectivity index (χ1v) is 10.4. The van der Waals surface area contributed by atoms with Gasteiger partial charge in [0.1, 0.15) is 5.75 Å². The first-order chi connectivity index (χ1) is 13.1. The van der Waals surface area contributed by atoms with E-state index in [0.29, 0.717) is 36.3 Å². The molecule has 1 N–H and O–H groups in total. The molecule has 0 radical (unpaired) electrons. The number of nitrogens with zero attached hydrogens (tertiary/aromatic N) is 2. The van der Waals surface area contributed by atoms with Gasteiger partial charge in [0.05, 0.1) is 18.6 Å². The van der Waals surface area contributed by atoms with Gasteiger partial charge in [-0.25, -0.2) is 13.1 Å². The summed E-state index contributed by atoms with van der Waals surface area (Å²) in [5, 5.41) is 3.73. The van der Waals surface area contributed by atoms with Crippen LogP contribution in [-0.2, 0) is 35.6 Å². The number of aromatic nitrogens is 2. The van der Waals surface area contributed by atoms with Crippen LogP contribution in [0.15, 0.2) is 23.1 Å². The minimum atomic E-state index is -4.51. The van der Waals surface area contributed by atoms with Crippen molar-refractivity contribution in [3.05, 3.63) is 40.7 Å². The van der Waals surface area contributed by atoms with Gasteiger partial charge in [-0.3, -0.25) is 4.68 Å². The van der Waals surface area contributed by atoms with Gasteiger partial charge in [0, 0.05) is 17.8 Å². The van der Waals surface area contributed by atoms with Crippen LogP contribution in [-0.4, -0.2) is 31.9 Å². The van der Waals surface area contributed by atoms with Gasteiger partial charge >= 0.3 is 6.18 Å². The third-order valence-corrected chi connectivity index (χ3v) is 6.28. The average Bonchev–Trinajstić information content (AvgIpc) is 3.01. The first-order valence-electron chi connectivity index (χ1n) is 8.93. The fraction of sp³-hybridized carbons (Fsp3) is 0.500. The molecule has 2 aromatic rings. The molecule has 0 aliphatic heterocycles. The molecule has 0 saturated heterocycles. The highest BCUT2D eigenvalue weighted by Crippen LogP contribution is 2.35. The van der Waals surface area contributed by atoms with Crippen LogP contribution >= 0.6 is 0 Å². The second-order valence-corrected chi connectivity index (χ2v) is 8.50. The molecule has 154 valence electrons. The molecule has 6 nitrogen and oxygen atoms in total. The normalized spacial score (nSPS) is 14.8. The number of hydrogen-bond acceptors (Lipinski definition) is 4. The summed E-state index contributed by atoms with van der Waals surface area (Å²) >= 11 is 0. The molecule has 0 fully saturated rings. The van der Waals surface area contributed by atoms with Gasteiger partial charge in [0.15, 0.2) is 5.69 Å². The van der Waals surface area contributed by atoms with E-state index in [4.69, 9.17) is 4.74 Å². The minimum Gasteiger partial charge on any atom is -0.496 e. The Balaban J connectivity index is 1.74. The second-order valence-electron chi connectivity index (χ2n) is 6.73. The molecule has 28 heavy (non-hydrogen) atoms. The summed E-state index contributed by atoms with van der Waals surface area (Å²) in [6.07, 6.45) is -2.14. The SMILES string of the molecule is COc1ccc(S(=O)(=O)NCCn2nc(C(F)(F)F)c3c2CCCC3)cc1C. The van der Waals surface area contributed by atoms with Crippen molar-refractivity contribution in [2.45, 2.75) is 50.2 Å². The molecule has 0 unspecified atom stereocenters. The van der Waals surface area contributed by atoms with E-state index in [0.717, 1.165) is 6.42 Å². The van der Waals surface area contributed by atoms with Crippen LogP contribution in [0.4, 0.5) is 13.2 Å². The van der Waals surface area contributed by atoms with Crippen molar-refractivity contribution in [2.24, 2.45) is 0 Å². The standard InChI is InChI=1S/C18H22F3N3O3S/c1-12-11-13(7-8-16(12)27-2)28(25,26)22-9-10-24-15-6-4-3-5-14(15)17(23-24)18(19,20)21/h7-8,11,22H,3-6,9-10H2,1-2H3. The van der Waals surface area contributed by atoms with Crippen LogP contribution < -0.4 is 9.46 Å². The van der Waals surface area contributed by atoms with E-state index in [1.54, 1.807) is 13.0 Å². The van der Waals surface area contributed by atoms with Crippen molar-refractivity contribution < 1.29 is 26.3 Å². The number of aryl methyl sites for hydroxylation is 1. The molecule has 1 aromatic heterocycles. The van der Waals surface area contributed by atoms with Gasteiger partial charge < -0.3 is 4.74 Å². The molecule has 1 aromatic carbocycles. The lowest BCUT2D eigenvalue weighted by Gasteiger charge is -2.15. The van der Waals surface area contributed by atoms with Gasteiger partial charge in [-0.15, -0.1) is 0 Å². The summed E-state index contributed by atoms with van der Waals surface area (Å²) in [7, 11) is -2.29. The topological polar surface area (TPSA) is 73.2 Å². The van der Waals surface area contributed by atoms with Crippen molar-refractivity contribution in [1.82, 2.24) is 14.5 Å². The Morgan fingerprint density at radius 3 is 2.61 bits per heavy atom. The van der Waals surface area contributed by atoms with Crippen LogP contribution in [0.2, 0.25) is 0 Å². The molecule has 1 heterocycles. The van der Waals surface area contributed by atoms with Crippen molar-refractivity contribution >= 4 is 10.0 Å². The summed E-state index contributed by atoms with van der Waals surface area (Å²) < 4.78 is 73.4. The van der Waals surface area contributed by atoms with Crippen molar-refractivity contribution in [2.75, 3.05) is 13.7 Å². The number of ether oxygens (including phenoxy) is 1. The molecule has 0 spiro atoms. The van der Waals surface area contributed by atoms with Crippen LogP contribution in [0, 0.1) is 6.92 Å². The predicted octanol–water partition coefficient (Wildman–Crippen LogP) is 3.08. The van der Waals surface area contributed by atoms with E-state index in [1.807, 2.05) is 0 Å². The zero-order valence-corrected chi connectivity index (χ0v) is 16.5. The quantitative estimate of drug-likeness (QED) is 0.784. The van der Waals surface area contributed by atoms with Crippen molar-refractivity contribution in [3.63, 3.8) is 0 Å². The number of alkyl halides is 3. The fourth-order valence-corrected chi connectivity index (χ4v) is 4.58. The summed E-state index contributed by atoms with van der Waals surface area (Å²) in [4.78, 5) is 0.0734. The fourth-order valence-electron chi connectivity index (χ4n) is 3.47. The summed E-state index contributed by atoms with van der Waals surface area (Å²) in [5.41, 5.74) is 0.614. The zero-order chi connectivity index (χ0) is 20.5. The van der Waals surface area contributed by atoms with E-state index in [1.165, 1.54) is 23.9 Å². The molecular formula is C18H22F3N3O3S. The Morgan fingerprint density at radius 1 is 1.25 bits per heavy atom. The Morgan fingerprint density at radius 2 is 1.96 bits per heavy atom. The Hall–Kier alpha value is -2.07. The van der Waals surface area contributed by atoms with Crippen molar-refractivity contribution in [1.29, 1.82) is 0 Å². The van der Waals surface area contributed by atoms with Gasteiger partial charge in [-0.05, 0) is 56.4 Å². The van der Waals surface area contributed by atoms with Crippen LogP contribution in [0.3, 0.4) is 0 Å². The largest absolute Gasteiger partial charge is 0.496 e. The lowest BCUT2D eigenvalue weighted by molar-refractivity contribution is -0.142. The monoisotopic (exact) mass is 417 g/mol. The number of methoxy groups -OCH3 is 1. The van der Waals surface area contributed by atoms with Gasteiger partial charge in [-0.2, -0.15) is 18.3 Å². The molecule has 0 saturated carbocycles. The molecule has 10 heteroatoms. The summed E-state index contributed by atoms with van der Waals surface area (Å²) in [6, 6.07) is 4.47. The van der Waals surface area contributed by atoms with E-state index >= 15 is 0 Å². The van der Waals surface area contributed by atoms with Crippen LogP contribution in [0.25, 0.3) is 0 Å². The van der Waals surface area contributed by atoms with E-state index in [9.17, 15) is 21.6 Å². The summed E-state index contributed by atoms with van der Waals surface area (Å²) in [5.74, 6) is 0.571. The zero-order valence-electron chi connectivity index (χ0n) is 15.6. The number of nitrogens with one attached hydrogen (secondary N) is 1. The van der Waals surface area contributed by atoms with Crippen LogP contribution in [0.1, 0.15) is 35.4 Å². The number of hydrogen-bond donors (Lipinski definition) is 1. The highest BCUT2D eigenvalue weighted by molar-refractivity contribution is 7.89. The lowest BCUT2D eigenvalue weighted by Crippen LogP contribution is -2.28. The van der Waals surface area contributed by atoms with Gasteiger partial charge in [-0.1, -0.05) is 0 Å². The maximum atomic E-state index is 13.2. The number of halogens is 3. The molecule has 0 atom stereocenters. The second kappa shape index (κ2) is 7.75. The molecule has 1 aliphatic carbocycles. The highest BCUT2D eigenvalue weighted by Gasteiger charge is 2.39. The molecule has 0 amide bonds. The molecular weight excluding hydrogens is 395 g/mol. The minimum absolute atomic E-state index is 0.0345. The van der Waals surface area contributed by atoms with Gasteiger partial charge in [0.2, 0.25) is 10.0 Å². The third-order valence-electron chi connectivity index (χ3n) is 4.82. The lowest BCUT2D eigenvalue weighted by atomic mass is 9.95. The number of benzene rings is 1. The Bertz CT molecular complexity index is 968. The smallest absolute Gasteiger partial charge is 0.435 e. The maximum absolute atomic E-state index is 13.2. The molecule has 0 bridgehead atoms. The van der Waals surface area contributed by atoms with E-state index < -0.39 is 21.9 Å². The first kappa shape index (κ1) is 20.7. The number of sulfonamides is 1. The number of fused-ring (bicyclic) bond motifs is 1. The molecule has 1 aliphatic rings. The van der Waals surface area contributed by atoms with E-state index in [-0.39, 0.29) is 23.5 Å².